The molecule has 0 radical (unpaired) electrons. The van der Waals surface area contributed by atoms with Gasteiger partial charge in [0, 0.05) is 6.54 Å². The lowest BCUT2D eigenvalue weighted by Gasteiger charge is -2.43. The third-order valence-corrected chi connectivity index (χ3v) is 5.02. The van der Waals surface area contributed by atoms with Gasteiger partial charge in [0.05, 0.1) is 24.4 Å². The summed E-state index contributed by atoms with van der Waals surface area (Å²) in [5, 5.41) is 4.37. The number of amides is 1. The summed E-state index contributed by atoms with van der Waals surface area (Å²) in [5.74, 6) is 0.329. The molecule has 4 rings (SSSR count). The van der Waals surface area contributed by atoms with Crippen molar-refractivity contribution in [1.29, 1.82) is 0 Å². The van der Waals surface area contributed by atoms with Crippen molar-refractivity contribution in [3.63, 3.8) is 0 Å². The number of hydrogen-bond acceptors (Lipinski definition) is 4. The van der Waals surface area contributed by atoms with Crippen molar-refractivity contribution in [3.05, 3.63) is 41.7 Å². The Hall–Kier alpha value is -2.28. The fourth-order valence-electron chi connectivity index (χ4n) is 3.78. The first-order chi connectivity index (χ1) is 12.1. The predicted molar refractivity (Wildman–Crippen MR) is 89.1 cm³/mol. The highest BCUT2D eigenvalue weighted by molar-refractivity contribution is 5.90. The van der Waals surface area contributed by atoms with Crippen molar-refractivity contribution in [3.8, 4) is 5.69 Å². The van der Waals surface area contributed by atoms with E-state index in [-0.39, 0.29) is 29.7 Å². The van der Waals surface area contributed by atoms with E-state index in [0.717, 1.165) is 25.7 Å². The zero-order valence-corrected chi connectivity index (χ0v) is 14.2. The summed E-state index contributed by atoms with van der Waals surface area (Å²) in [5.41, 5.74) is 0.683. The molecule has 2 aliphatic rings. The number of carbonyl (C=O) groups is 1. The van der Waals surface area contributed by atoms with E-state index in [4.69, 9.17) is 4.74 Å². The van der Waals surface area contributed by atoms with E-state index in [0.29, 0.717) is 24.7 Å². The number of aromatic nitrogens is 3. The van der Waals surface area contributed by atoms with Crippen molar-refractivity contribution in [1.82, 2.24) is 19.7 Å². The Morgan fingerprint density at radius 2 is 2.00 bits per heavy atom. The molecule has 1 saturated heterocycles. The lowest BCUT2D eigenvalue weighted by Crippen LogP contribution is -2.55. The molecular formula is C18H21FN4O2. The second kappa shape index (κ2) is 6.55. The molecule has 1 amide bonds. The Balaban J connectivity index is 1.60. The zero-order valence-electron chi connectivity index (χ0n) is 14.2. The van der Waals surface area contributed by atoms with Crippen LogP contribution in [0.3, 0.4) is 0 Å². The van der Waals surface area contributed by atoms with Gasteiger partial charge in [0.1, 0.15) is 11.6 Å². The number of nitrogens with zero attached hydrogens (tertiary/aromatic N) is 4. The minimum absolute atomic E-state index is 0.119. The van der Waals surface area contributed by atoms with Crippen molar-refractivity contribution < 1.29 is 13.9 Å². The predicted octanol–water partition coefficient (Wildman–Crippen LogP) is 2.50. The Bertz CT molecular complexity index is 772. The van der Waals surface area contributed by atoms with Crippen LogP contribution in [0.2, 0.25) is 0 Å². The molecule has 1 aromatic heterocycles. The normalized spacial score (nSPS) is 23.4. The molecule has 0 N–H and O–H groups in total. The summed E-state index contributed by atoms with van der Waals surface area (Å²) in [7, 11) is 0. The standard InChI is InChI=1S/C18H21FN4O2/c1-12-20-17(21-23(12)14-8-6-13(19)7-9-14)18(24)22-10-11-25-16-5-3-2-4-15(16)22/h6-9,15-16H,2-5,10-11H2,1H3. The van der Waals surface area contributed by atoms with Crippen LogP contribution < -0.4 is 0 Å². The summed E-state index contributed by atoms with van der Waals surface area (Å²) in [6, 6.07) is 6.10. The summed E-state index contributed by atoms with van der Waals surface area (Å²) in [4.78, 5) is 19.2. The fourth-order valence-corrected chi connectivity index (χ4v) is 3.78. The molecule has 1 aliphatic carbocycles. The van der Waals surface area contributed by atoms with Crippen molar-refractivity contribution in [2.45, 2.75) is 44.8 Å². The van der Waals surface area contributed by atoms with Gasteiger partial charge in [-0.25, -0.2) is 14.1 Å². The van der Waals surface area contributed by atoms with E-state index in [1.807, 2.05) is 4.90 Å². The van der Waals surface area contributed by atoms with Gasteiger partial charge in [-0.2, -0.15) is 0 Å². The third-order valence-electron chi connectivity index (χ3n) is 5.02. The topological polar surface area (TPSA) is 60.3 Å². The smallest absolute Gasteiger partial charge is 0.293 e. The molecule has 7 heteroatoms. The van der Waals surface area contributed by atoms with Crippen LogP contribution in [0.25, 0.3) is 5.69 Å². The first-order valence-electron chi connectivity index (χ1n) is 8.75. The van der Waals surface area contributed by atoms with Crippen LogP contribution in [0.1, 0.15) is 42.1 Å². The Labute approximate surface area is 145 Å². The van der Waals surface area contributed by atoms with E-state index in [1.54, 1.807) is 23.7 Å². The van der Waals surface area contributed by atoms with Crippen LogP contribution >= 0.6 is 0 Å². The van der Waals surface area contributed by atoms with Crippen LogP contribution in [0.15, 0.2) is 24.3 Å². The van der Waals surface area contributed by atoms with E-state index in [2.05, 4.69) is 10.1 Å². The number of morpholine rings is 1. The van der Waals surface area contributed by atoms with E-state index >= 15 is 0 Å². The molecule has 2 unspecified atom stereocenters. The quantitative estimate of drug-likeness (QED) is 0.840. The lowest BCUT2D eigenvalue weighted by molar-refractivity contribution is -0.0755. The second-order valence-corrected chi connectivity index (χ2v) is 6.63. The number of ether oxygens (including phenoxy) is 1. The van der Waals surface area contributed by atoms with Gasteiger partial charge in [0.2, 0.25) is 5.82 Å². The first-order valence-corrected chi connectivity index (χ1v) is 8.75. The van der Waals surface area contributed by atoms with E-state index in [1.165, 1.54) is 12.1 Å². The molecule has 132 valence electrons. The number of carbonyl (C=O) groups excluding carboxylic acids is 1. The monoisotopic (exact) mass is 344 g/mol. The summed E-state index contributed by atoms with van der Waals surface area (Å²) < 4.78 is 20.5. The lowest BCUT2D eigenvalue weighted by atomic mass is 9.90. The molecule has 2 fully saturated rings. The number of rotatable bonds is 2. The van der Waals surface area contributed by atoms with Gasteiger partial charge in [0.15, 0.2) is 0 Å². The molecule has 25 heavy (non-hydrogen) atoms. The number of halogens is 1. The highest BCUT2D eigenvalue weighted by Crippen LogP contribution is 2.29. The summed E-state index contributed by atoms with van der Waals surface area (Å²) in [6.07, 6.45) is 4.37. The summed E-state index contributed by atoms with van der Waals surface area (Å²) in [6.45, 7) is 2.92. The highest BCUT2D eigenvalue weighted by atomic mass is 19.1. The SMILES string of the molecule is Cc1nc(C(=O)N2CCOC3CCCCC32)nn1-c1ccc(F)cc1. The molecule has 2 aromatic rings. The van der Waals surface area contributed by atoms with Crippen LogP contribution in [-0.4, -0.2) is 50.9 Å². The maximum atomic E-state index is 13.1. The second-order valence-electron chi connectivity index (χ2n) is 6.63. The molecular weight excluding hydrogens is 323 g/mol. The van der Waals surface area contributed by atoms with Gasteiger partial charge >= 0.3 is 0 Å². The summed E-state index contributed by atoms with van der Waals surface area (Å²) >= 11 is 0. The van der Waals surface area contributed by atoms with Gasteiger partial charge in [-0.15, -0.1) is 5.10 Å². The third kappa shape index (κ3) is 3.04. The first kappa shape index (κ1) is 16.2. The maximum Gasteiger partial charge on any atom is 0.293 e. The Morgan fingerprint density at radius 1 is 1.24 bits per heavy atom. The molecule has 6 nitrogen and oxygen atoms in total. The zero-order chi connectivity index (χ0) is 17.4. The van der Waals surface area contributed by atoms with Gasteiger partial charge < -0.3 is 9.64 Å². The number of hydrogen-bond donors (Lipinski definition) is 0. The minimum Gasteiger partial charge on any atom is -0.374 e. The van der Waals surface area contributed by atoms with Gasteiger partial charge in [-0.05, 0) is 44.0 Å². The van der Waals surface area contributed by atoms with Gasteiger partial charge in [-0.3, -0.25) is 4.79 Å². The molecule has 0 spiro atoms. The van der Waals surface area contributed by atoms with Gasteiger partial charge in [-0.1, -0.05) is 12.8 Å². The van der Waals surface area contributed by atoms with E-state index in [9.17, 15) is 9.18 Å². The van der Waals surface area contributed by atoms with Crippen LogP contribution in [0.4, 0.5) is 4.39 Å². The molecule has 2 heterocycles. The Morgan fingerprint density at radius 3 is 2.80 bits per heavy atom. The van der Waals surface area contributed by atoms with Crippen molar-refractivity contribution in [2.75, 3.05) is 13.2 Å². The number of aryl methyl sites for hydroxylation is 1. The molecule has 0 bridgehead atoms. The average Bonchev–Trinajstić information content (AvgIpc) is 3.03. The number of fused-ring (bicyclic) bond motifs is 1. The Kier molecular flexibility index (Phi) is 4.25. The van der Waals surface area contributed by atoms with Crippen molar-refractivity contribution >= 4 is 5.91 Å². The van der Waals surface area contributed by atoms with E-state index < -0.39 is 0 Å². The number of benzene rings is 1. The fraction of sp³-hybridized carbons (Fsp3) is 0.500. The molecule has 1 aromatic carbocycles. The molecule has 1 aliphatic heterocycles. The van der Waals surface area contributed by atoms with Crippen LogP contribution in [0, 0.1) is 12.7 Å². The van der Waals surface area contributed by atoms with Gasteiger partial charge in [0.25, 0.3) is 5.91 Å². The molecule has 2 atom stereocenters. The average molecular weight is 344 g/mol. The maximum absolute atomic E-state index is 13.1. The van der Waals surface area contributed by atoms with Crippen molar-refractivity contribution in [2.24, 2.45) is 0 Å². The largest absolute Gasteiger partial charge is 0.374 e. The highest BCUT2D eigenvalue weighted by Gasteiger charge is 2.38. The molecule has 1 saturated carbocycles. The van der Waals surface area contributed by atoms with Crippen LogP contribution in [0.5, 0.6) is 0 Å². The van der Waals surface area contributed by atoms with Crippen LogP contribution in [-0.2, 0) is 4.74 Å². The minimum atomic E-state index is -0.311.